The van der Waals surface area contributed by atoms with Crippen LogP contribution in [0.25, 0.3) is 11.1 Å². The Morgan fingerprint density at radius 2 is 1.64 bits per heavy atom. The van der Waals surface area contributed by atoms with E-state index < -0.39 is 23.6 Å². The number of ether oxygens (including phenoxy) is 1. The molecular formula is C26H30N2O5. The number of aliphatic carboxylic acids is 1. The number of alkyl carbamates (subject to hydrolysis) is 1. The highest BCUT2D eigenvalue weighted by Crippen LogP contribution is 2.44. The number of nitrogens with one attached hydrogen (secondary N) is 2. The first-order valence-corrected chi connectivity index (χ1v) is 11.5. The SMILES string of the molecule is CC[C@@H](NC(=O)OCC1c2ccccc2-c2ccccc21)C(=O)NC(C)(CC(=O)O)C1CC1. The molecule has 0 aromatic heterocycles. The summed E-state index contributed by atoms with van der Waals surface area (Å²) in [6.07, 6.45) is 1.33. The number of benzene rings is 2. The molecule has 3 N–H and O–H groups in total. The first-order chi connectivity index (χ1) is 15.8. The molecule has 0 aliphatic heterocycles. The lowest BCUT2D eigenvalue weighted by atomic mass is 9.91. The molecule has 0 spiro atoms. The topological polar surface area (TPSA) is 105 Å². The smallest absolute Gasteiger partial charge is 0.407 e. The molecule has 2 aliphatic rings. The molecule has 2 aromatic carbocycles. The van der Waals surface area contributed by atoms with Crippen molar-refractivity contribution < 1.29 is 24.2 Å². The number of hydrogen-bond acceptors (Lipinski definition) is 4. The Balaban J connectivity index is 1.38. The lowest BCUT2D eigenvalue weighted by molar-refractivity contribution is -0.139. The summed E-state index contributed by atoms with van der Waals surface area (Å²) in [6, 6.07) is 15.4. The van der Waals surface area contributed by atoms with Crippen molar-refractivity contribution in [3.05, 3.63) is 59.7 Å². The average molecular weight is 451 g/mol. The minimum Gasteiger partial charge on any atom is -0.481 e. The van der Waals surface area contributed by atoms with Crippen LogP contribution in [-0.4, -0.2) is 41.3 Å². The number of carboxylic acid groups (broad SMARTS) is 1. The van der Waals surface area contributed by atoms with Crippen LogP contribution in [0.1, 0.15) is 56.6 Å². The average Bonchev–Trinajstić information content (AvgIpc) is 3.60. The van der Waals surface area contributed by atoms with Gasteiger partial charge in [0.2, 0.25) is 5.91 Å². The highest BCUT2D eigenvalue weighted by Gasteiger charge is 2.44. The maximum atomic E-state index is 12.9. The quantitative estimate of drug-likeness (QED) is 0.534. The van der Waals surface area contributed by atoms with Gasteiger partial charge in [-0.3, -0.25) is 9.59 Å². The van der Waals surface area contributed by atoms with E-state index in [1.54, 1.807) is 13.8 Å². The summed E-state index contributed by atoms with van der Waals surface area (Å²) in [5.41, 5.74) is 3.70. The largest absolute Gasteiger partial charge is 0.481 e. The van der Waals surface area contributed by atoms with E-state index in [1.165, 1.54) is 0 Å². The second kappa shape index (κ2) is 9.25. The zero-order valence-electron chi connectivity index (χ0n) is 19.0. The number of rotatable bonds is 9. The van der Waals surface area contributed by atoms with Crippen LogP contribution in [0.3, 0.4) is 0 Å². The predicted octanol–water partition coefficient (Wildman–Crippen LogP) is 4.06. The van der Waals surface area contributed by atoms with E-state index in [0.717, 1.165) is 35.1 Å². The molecule has 2 aliphatic carbocycles. The molecule has 1 saturated carbocycles. The number of carbonyl (C=O) groups excluding carboxylic acids is 2. The van der Waals surface area contributed by atoms with Gasteiger partial charge in [0.15, 0.2) is 0 Å². The Kier molecular flexibility index (Phi) is 6.40. The van der Waals surface area contributed by atoms with Crippen molar-refractivity contribution in [1.29, 1.82) is 0 Å². The van der Waals surface area contributed by atoms with Gasteiger partial charge in [-0.2, -0.15) is 0 Å². The summed E-state index contributed by atoms with van der Waals surface area (Å²) in [6.45, 7) is 3.72. The molecule has 174 valence electrons. The fourth-order valence-corrected chi connectivity index (χ4v) is 4.83. The normalized spacial score (nSPS) is 17.3. The first-order valence-electron chi connectivity index (χ1n) is 11.5. The maximum absolute atomic E-state index is 12.9. The van der Waals surface area contributed by atoms with Gasteiger partial charge in [-0.25, -0.2) is 4.79 Å². The van der Waals surface area contributed by atoms with Crippen molar-refractivity contribution in [1.82, 2.24) is 10.6 Å². The molecular weight excluding hydrogens is 420 g/mol. The lowest BCUT2D eigenvalue weighted by Gasteiger charge is -2.31. The molecule has 2 aromatic rings. The molecule has 2 amide bonds. The Hall–Kier alpha value is -3.35. The van der Waals surface area contributed by atoms with Crippen molar-refractivity contribution in [2.75, 3.05) is 6.61 Å². The summed E-state index contributed by atoms with van der Waals surface area (Å²) in [7, 11) is 0. The first kappa shape index (κ1) is 22.8. The van der Waals surface area contributed by atoms with Gasteiger partial charge in [0, 0.05) is 5.92 Å². The van der Waals surface area contributed by atoms with Crippen LogP contribution in [0.4, 0.5) is 4.79 Å². The maximum Gasteiger partial charge on any atom is 0.407 e. The fourth-order valence-electron chi connectivity index (χ4n) is 4.83. The van der Waals surface area contributed by atoms with Crippen LogP contribution in [0.15, 0.2) is 48.5 Å². The monoisotopic (exact) mass is 450 g/mol. The van der Waals surface area contributed by atoms with Crippen molar-refractivity contribution in [2.45, 2.75) is 57.0 Å². The van der Waals surface area contributed by atoms with E-state index in [1.807, 2.05) is 36.4 Å². The van der Waals surface area contributed by atoms with E-state index in [9.17, 15) is 19.5 Å². The number of carbonyl (C=O) groups is 3. The Labute approximate surface area is 193 Å². The summed E-state index contributed by atoms with van der Waals surface area (Å²) in [5.74, 6) is -1.26. The van der Waals surface area contributed by atoms with E-state index in [2.05, 4.69) is 22.8 Å². The Morgan fingerprint density at radius 3 is 2.15 bits per heavy atom. The third-order valence-corrected chi connectivity index (χ3v) is 6.77. The minimum absolute atomic E-state index is 0.0641. The van der Waals surface area contributed by atoms with Crippen molar-refractivity contribution >= 4 is 18.0 Å². The molecule has 7 heteroatoms. The molecule has 2 atom stereocenters. The lowest BCUT2D eigenvalue weighted by Crippen LogP contribution is -2.56. The highest BCUT2D eigenvalue weighted by atomic mass is 16.5. The summed E-state index contributed by atoms with van der Waals surface area (Å²) >= 11 is 0. The van der Waals surface area contributed by atoms with Crippen LogP contribution in [0, 0.1) is 5.92 Å². The number of amides is 2. The molecule has 0 heterocycles. The van der Waals surface area contributed by atoms with Crippen LogP contribution >= 0.6 is 0 Å². The van der Waals surface area contributed by atoms with Crippen molar-refractivity contribution in [3.8, 4) is 11.1 Å². The highest BCUT2D eigenvalue weighted by molar-refractivity contribution is 5.87. The predicted molar refractivity (Wildman–Crippen MR) is 124 cm³/mol. The zero-order valence-corrected chi connectivity index (χ0v) is 19.0. The van der Waals surface area contributed by atoms with Gasteiger partial charge >= 0.3 is 12.1 Å². The van der Waals surface area contributed by atoms with Gasteiger partial charge in [0.25, 0.3) is 0 Å². The van der Waals surface area contributed by atoms with Crippen LogP contribution < -0.4 is 10.6 Å². The van der Waals surface area contributed by atoms with E-state index in [-0.39, 0.29) is 30.8 Å². The van der Waals surface area contributed by atoms with Gasteiger partial charge < -0.3 is 20.5 Å². The summed E-state index contributed by atoms with van der Waals surface area (Å²) in [5, 5.41) is 14.8. The number of fused-ring (bicyclic) bond motifs is 3. The zero-order chi connectivity index (χ0) is 23.6. The molecule has 4 rings (SSSR count). The molecule has 1 fully saturated rings. The number of hydrogen-bond donors (Lipinski definition) is 3. The second-order valence-electron chi connectivity index (χ2n) is 9.18. The minimum atomic E-state index is -0.956. The van der Waals surface area contributed by atoms with Crippen LogP contribution in [-0.2, 0) is 14.3 Å². The van der Waals surface area contributed by atoms with E-state index >= 15 is 0 Å². The fraction of sp³-hybridized carbons (Fsp3) is 0.423. The molecule has 33 heavy (non-hydrogen) atoms. The molecule has 7 nitrogen and oxygen atoms in total. The Bertz CT molecular complexity index is 1020. The van der Waals surface area contributed by atoms with Crippen molar-refractivity contribution in [3.63, 3.8) is 0 Å². The van der Waals surface area contributed by atoms with Gasteiger partial charge in [-0.15, -0.1) is 0 Å². The van der Waals surface area contributed by atoms with Gasteiger partial charge in [0.1, 0.15) is 12.6 Å². The molecule has 1 unspecified atom stereocenters. The standard InChI is InChI=1S/C26H30N2O5/c1-3-22(24(31)28-26(2,14-23(29)30)16-12-13-16)27-25(32)33-15-21-19-10-6-4-8-17(19)18-9-5-7-11-20(18)21/h4-11,16,21-22H,3,12-15H2,1-2H3,(H,27,32)(H,28,31)(H,29,30)/t22-,26?/m1/s1. The van der Waals surface area contributed by atoms with Crippen LogP contribution in [0.5, 0.6) is 0 Å². The van der Waals surface area contributed by atoms with E-state index in [4.69, 9.17) is 4.74 Å². The van der Waals surface area contributed by atoms with Gasteiger partial charge in [0.05, 0.1) is 12.0 Å². The molecule has 0 radical (unpaired) electrons. The molecule has 0 saturated heterocycles. The van der Waals surface area contributed by atoms with Gasteiger partial charge in [-0.05, 0) is 54.4 Å². The van der Waals surface area contributed by atoms with E-state index in [0.29, 0.717) is 6.42 Å². The summed E-state index contributed by atoms with van der Waals surface area (Å²) < 4.78 is 5.55. The third kappa shape index (κ3) is 4.87. The Morgan fingerprint density at radius 1 is 1.06 bits per heavy atom. The third-order valence-electron chi connectivity index (χ3n) is 6.77. The number of carboxylic acids is 1. The van der Waals surface area contributed by atoms with Gasteiger partial charge in [-0.1, -0.05) is 55.5 Å². The molecule has 0 bridgehead atoms. The second-order valence-corrected chi connectivity index (χ2v) is 9.18. The van der Waals surface area contributed by atoms with Crippen molar-refractivity contribution in [2.24, 2.45) is 5.92 Å². The van der Waals surface area contributed by atoms with Crippen LogP contribution in [0.2, 0.25) is 0 Å². The summed E-state index contributed by atoms with van der Waals surface area (Å²) in [4.78, 5) is 36.7.